The second kappa shape index (κ2) is 7.24. The molecule has 0 spiro atoms. The third kappa shape index (κ3) is 4.06. The van der Waals surface area contributed by atoms with Crippen LogP contribution in [0.5, 0.6) is 5.75 Å². The van der Waals surface area contributed by atoms with Gasteiger partial charge in [-0.2, -0.15) is 11.3 Å². The van der Waals surface area contributed by atoms with Gasteiger partial charge >= 0.3 is 0 Å². The van der Waals surface area contributed by atoms with E-state index < -0.39 is 0 Å². The molecule has 0 bridgehead atoms. The second-order valence-electron chi connectivity index (χ2n) is 4.98. The topological polar surface area (TPSA) is 41.6 Å². The molecule has 1 heterocycles. The van der Waals surface area contributed by atoms with Gasteiger partial charge in [0.15, 0.2) is 0 Å². The molecule has 1 N–H and O–H groups in total. The summed E-state index contributed by atoms with van der Waals surface area (Å²) in [5.41, 5.74) is 1.83. The van der Waals surface area contributed by atoms with E-state index in [-0.39, 0.29) is 11.9 Å². The summed E-state index contributed by atoms with van der Waals surface area (Å²) in [4.78, 5) is 14.3. The van der Waals surface area contributed by atoms with Gasteiger partial charge in [0.2, 0.25) is 0 Å². The zero-order chi connectivity index (χ0) is 15.2. The minimum Gasteiger partial charge on any atom is -0.497 e. The highest BCUT2D eigenvalue weighted by Gasteiger charge is 2.16. The van der Waals surface area contributed by atoms with Crippen LogP contribution in [0.25, 0.3) is 0 Å². The Morgan fingerprint density at radius 1 is 1.38 bits per heavy atom. The summed E-state index contributed by atoms with van der Waals surface area (Å²) in [6.45, 7) is 0.569. The predicted molar refractivity (Wildman–Crippen MR) is 86.1 cm³/mol. The van der Waals surface area contributed by atoms with E-state index in [4.69, 9.17) is 4.74 Å². The molecule has 1 amide bonds. The van der Waals surface area contributed by atoms with Crippen molar-refractivity contribution in [2.75, 3.05) is 27.7 Å². The van der Waals surface area contributed by atoms with Gasteiger partial charge < -0.3 is 15.0 Å². The fourth-order valence-electron chi connectivity index (χ4n) is 2.12. The van der Waals surface area contributed by atoms with Gasteiger partial charge in [-0.15, -0.1) is 0 Å². The van der Waals surface area contributed by atoms with Crippen LogP contribution in [0.3, 0.4) is 0 Å². The average molecular weight is 304 g/mol. The molecule has 2 rings (SSSR count). The number of carbonyl (C=O) groups is 1. The van der Waals surface area contributed by atoms with E-state index in [1.807, 2.05) is 26.2 Å². The highest BCUT2D eigenvalue weighted by atomic mass is 32.1. The van der Waals surface area contributed by atoms with Crippen molar-refractivity contribution >= 4 is 17.2 Å². The number of nitrogens with one attached hydrogen (secondary N) is 1. The predicted octanol–water partition coefficient (Wildman–Crippen LogP) is 2.79. The molecule has 1 aromatic carbocycles. The number of hydrogen-bond donors (Lipinski definition) is 1. The molecule has 0 fully saturated rings. The van der Waals surface area contributed by atoms with Gasteiger partial charge in [-0.05, 0) is 54.7 Å². The van der Waals surface area contributed by atoms with Gasteiger partial charge in [-0.1, -0.05) is 6.07 Å². The monoisotopic (exact) mass is 304 g/mol. The number of thiophene rings is 1. The van der Waals surface area contributed by atoms with Crippen molar-refractivity contribution < 1.29 is 9.53 Å². The highest BCUT2D eigenvalue weighted by molar-refractivity contribution is 7.07. The Kier molecular flexibility index (Phi) is 5.36. The molecule has 4 nitrogen and oxygen atoms in total. The number of benzene rings is 1. The van der Waals surface area contributed by atoms with Crippen molar-refractivity contribution in [1.29, 1.82) is 0 Å². The first-order chi connectivity index (χ1) is 10.1. The van der Waals surface area contributed by atoms with Gasteiger partial charge in [-0.3, -0.25) is 4.79 Å². The van der Waals surface area contributed by atoms with Crippen molar-refractivity contribution in [2.24, 2.45) is 0 Å². The fourth-order valence-corrected chi connectivity index (χ4v) is 2.83. The van der Waals surface area contributed by atoms with Crippen molar-refractivity contribution in [3.63, 3.8) is 0 Å². The zero-order valence-corrected chi connectivity index (χ0v) is 13.3. The maximum atomic E-state index is 12.2. The number of likely N-dealkylation sites (N-methyl/N-ethyl adjacent to an activating group) is 1. The number of methoxy groups -OCH3 is 1. The lowest BCUT2D eigenvalue weighted by atomic mass is 10.1. The number of hydrogen-bond acceptors (Lipinski definition) is 4. The SMILES string of the molecule is COc1cccc(C(=O)NC[C@@H](c2ccsc2)N(C)C)c1. The number of rotatable bonds is 6. The maximum Gasteiger partial charge on any atom is 0.251 e. The number of carbonyl (C=O) groups excluding carboxylic acids is 1. The molecular formula is C16H20N2O2S. The molecule has 0 aliphatic heterocycles. The van der Waals surface area contributed by atoms with Crippen LogP contribution in [-0.2, 0) is 0 Å². The van der Waals surface area contributed by atoms with Gasteiger partial charge in [0, 0.05) is 12.1 Å². The number of ether oxygens (including phenoxy) is 1. The van der Waals surface area contributed by atoms with E-state index in [0.29, 0.717) is 17.9 Å². The summed E-state index contributed by atoms with van der Waals surface area (Å²) in [6.07, 6.45) is 0. The lowest BCUT2D eigenvalue weighted by Crippen LogP contribution is -2.34. The first-order valence-electron chi connectivity index (χ1n) is 6.72. The molecule has 0 radical (unpaired) electrons. The Bertz CT molecular complexity index is 582. The Balaban J connectivity index is 2.02. The summed E-state index contributed by atoms with van der Waals surface area (Å²) in [5, 5.41) is 7.15. The van der Waals surface area contributed by atoms with Crippen molar-refractivity contribution in [1.82, 2.24) is 10.2 Å². The summed E-state index contributed by atoms with van der Waals surface area (Å²) in [5.74, 6) is 0.598. The summed E-state index contributed by atoms with van der Waals surface area (Å²) in [7, 11) is 5.62. The minimum absolute atomic E-state index is 0.0871. The molecule has 0 saturated heterocycles. The van der Waals surface area contributed by atoms with Crippen molar-refractivity contribution in [3.05, 3.63) is 52.2 Å². The molecule has 1 atom stereocenters. The van der Waals surface area contributed by atoms with Crippen LogP contribution in [0, 0.1) is 0 Å². The van der Waals surface area contributed by atoms with E-state index >= 15 is 0 Å². The van der Waals surface area contributed by atoms with Crippen molar-refractivity contribution in [3.8, 4) is 5.75 Å². The molecule has 0 unspecified atom stereocenters. The first-order valence-corrected chi connectivity index (χ1v) is 7.67. The lowest BCUT2D eigenvalue weighted by Gasteiger charge is -2.24. The Hall–Kier alpha value is -1.85. The van der Waals surface area contributed by atoms with E-state index in [2.05, 4.69) is 27.0 Å². The molecule has 112 valence electrons. The molecule has 5 heteroatoms. The van der Waals surface area contributed by atoms with Crippen LogP contribution >= 0.6 is 11.3 Å². The van der Waals surface area contributed by atoms with Gasteiger partial charge in [0.05, 0.1) is 13.2 Å². The maximum absolute atomic E-state index is 12.2. The van der Waals surface area contributed by atoms with Gasteiger partial charge in [0.1, 0.15) is 5.75 Å². The zero-order valence-electron chi connectivity index (χ0n) is 12.5. The van der Waals surface area contributed by atoms with Crippen LogP contribution in [-0.4, -0.2) is 38.6 Å². The van der Waals surface area contributed by atoms with E-state index in [1.54, 1.807) is 30.6 Å². The van der Waals surface area contributed by atoms with Gasteiger partial charge in [-0.25, -0.2) is 0 Å². The Labute approximate surface area is 129 Å². The second-order valence-corrected chi connectivity index (χ2v) is 5.76. The fraction of sp³-hybridized carbons (Fsp3) is 0.312. The minimum atomic E-state index is -0.0871. The molecule has 2 aromatic rings. The smallest absolute Gasteiger partial charge is 0.251 e. The summed E-state index contributed by atoms with van der Waals surface area (Å²) >= 11 is 1.66. The average Bonchev–Trinajstić information content (AvgIpc) is 3.01. The van der Waals surface area contributed by atoms with Crippen LogP contribution in [0.4, 0.5) is 0 Å². The van der Waals surface area contributed by atoms with Gasteiger partial charge in [0.25, 0.3) is 5.91 Å². The molecule has 0 saturated carbocycles. The Morgan fingerprint density at radius 2 is 2.19 bits per heavy atom. The third-order valence-electron chi connectivity index (χ3n) is 3.34. The first kappa shape index (κ1) is 15.5. The van der Waals surface area contributed by atoms with E-state index in [9.17, 15) is 4.79 Å². The largest absolute Gasteiger partial charge is 0.497 e. The summed E-state index contributed by atoms with van der Waals surface area (Å²) in [6, 6.07) is 9.43. The standard InChI is InChI=1S/C16H20N2O2S/c1-18(2)15(13-7-8-21-11-13)10-17-16(19)12-5-4-6-14(9-12)20-3/h4-9,11,15H,10H2,1-3H3,(H,17,19)/t15-/m0/s1. The molecular weight excluding hydrogens is 284 g/mol. The van der Waals surface area contributed by atoms with Crippen LogP contribution < -0.4 is 10.1 Å². The van der Waals surface area contributed by atoms with Crippen molar-refractivity contribution in [2.45, 2.75) is 6.04 Å². The molecule has 21 heavy (non-hydrogen) atoms. The lowest BCUT2D eigenvalue weighted by molar-refractivity contribution is 0.0941. The molecule has 0 aliphatic carbocycles. The number of nitrogens with zero attached hydrogens (tertiary/aromatic N) is 1. The highest BCUT2D eigenvalue weighted by Crippen LogP contribution is 2.20. The quantitative estimate of drug-likeness (QED) is 0.892. The van der Waals surface area contributed by atoms with Crippen LogP contribution in [0.2, 0.25) is 0 Å². The van der Waals surface area contributed by atoms with Crippen LogP contribution in [0.1, 0.15) is 22.0 Å². The van der Waals surface area contributed by atoms with E-state index in [1.165, 1.54) is 5.56 Å². The molecule has 0 aliphatic rings. The van der Waals surface area contributed by atoms with E-state index in [0.717, 1.165) is 0 Å². The third-order valence-corrected chi connectivity index (χ3v) is 4.04. The summed E-state index contributed by atoms with van der Waals surface area (Å²) < 4.78 is 5.14. The number of amides is 1. The normalized spacial score (nSPS) is 12.2. The Morgan fingerprint density at radius 3 is 2.81 bits per heavy atom. The molecule has 1 aromatic heterocycles. The van der Waals surface area contributed by atoms with Crippen LogP contribution in [0.15, 0.2) is 41.1 Å².